The van der Waals surface area contributed by atoms with E-state index in [0.717, 1.165) is 42.1 Å². The highest BCUT2D eigenvalue weighted by atomic mass is 32.1. The molecule has 0 radical (unpaired) electrons. The van der Waals surface area contributed by atoms with Gasteiger partial charge >= 0.3 is 4.87 Å². The van der Waals surface area contributed by atoms with Crippen LogP contribution in [0.5, 0.6) is 5.75 Å². The maximum atomic E-state index is 11.9. The van der Waals surface area contributed by atoms with Crippen LogP contribution in [0.4, 0.5) is 0 Å². The molecule has 1 aromatic heterocycles. The first kappa shape index (κ1) is 17.3. The Bertz CT molecular complexity index is 979. The number of piperazine rings is 1. The highest BCUT2D eigenvalue weighted by molar-refractivity contribution is 7.16. The van der Waals surface area contributed by atoms with E-state index in [9.17, 15) is 4.79 Å². The fourth-order valence-corrected chi connectivity index (χ4v) is 4.64. The molecule has 6 heteroatoms. The van der Waals surface area contributed by atoms with E-state index in [0.29, 0.717) is 0 Å². The highest BCUT2D eigenvalue weighted by Gasteiger charge is 2.26. The lowest BCUT2D eigenvalue weighted by atomic mass is 10.0. The van der Waals surface area contributed by atoms with Crippen molar-refractivity contribution in [3.63, 3.8) is 0 Å². The van der Waals surface area contributed by atoms with E-state index < -0.39 is 0 Å². The van der Waals surface area contributed by atoms with Gasteiger partial charge in [-0.15, -0.1) is 0 Å². The predicted octanol–water partition coefficient (Wildman–Crippen LogP) is 2.76. The third kappa shape index (κ3) is 3.16. The molecule has 1 saturated heterocycles. The van der Waals surface area contributed by atoms with Crippen LogP contribution in [-0.4, -0.2) is 36.2 Å². The van der Waals surface area contributed by atoms with Gasteiger partial charge in [-0.05, 0) is 23.8 Å². The summed E-state index contributed by atoms with van der Waals surface area (Å²) in [6.07, 6.45) is 0. The van der Waals surface area contributed by atoms with Gasteiger partial charge in [-0.25, -0.2) is 0 Å². The number of nitrogens with one attached hydrogen (secondary N) is 1. The minimum absolute atomic E-state index is 0.0891. The number of para-hydroxylation sites is 1. The first-order valence-corrected chi connectivity index (χ1v) is 9.65. The van der Waals surface area contributed by atoms with Gasteiger partial charge in [-0.2, -0.15) is 0 Å². The number of rotatable bonds is 4. The summed E-state index contributed by atoms with van der Waals surface area (Å²) in [4.78, 5) is 14.5. The average molecular weight is 369 g/mol. The molecule has 136 valence electrons. The summed E-state index contributed by atoms with van der Waals surface area (Å²) >= 11 is 1.31. The Morgan fingerprint density at radius 3 is 2.96 bits per heavy atom. The van der Waals surface area contributed by atoms with Crippen molar-refractivity contribution in [3.8, 4) is 5.75 Å². The van der Waals surface area contributed by atoms with Crippen molar-refractivity contribution < 1.29 is 4.74 Å². The third-order valence-electron chi connectivity index (χ3n) is 5.09. The summed E-state index contributed by atoms with van der Waals surface area (Å²) in [6.45, 7) is 3.72. The normalized spacial score (nSPS) is 18.3. The molecule has 0 spiro atoms. The molecule has 1 aliphatic rings. The van der Waals surface area contributed by atoms with Crippen molar-refractivity contribution in [1.82, 2.24) is 14.8 Å². The van der Waals surface area contributed by atoms with Crippen LogP contribution in [0.3, 0.4) is 0 Å². The summed E-state index contributed by atoms with van der Waals surface area (Å²) in [6, 6.07) is 14.9. The number of fused-ring (bicyclic) bond motifs is 1. The number of aromatic nitrogens is 1. The quantitative estimate of drug-likeness (QED) is 0.768. The molecule has 0 bridgehead atoms. The summed E-state index contributed by atoms with van der Waals surface area (Å²) in [5, 5.41) is 3.50. The molecule has 1 aliphatic heterocycles. The second kappa shape index (κ2) is 7.23. The predicted molar refractivity (Wildman–Crippen MR) is 106 cm³/mol. The lowest BCUT2D eigenvalue weighted by Crippen LogP contribution is -2.45. The Hall–Kier alpha value is -2.15. The van der Waals surface area contributed by atoms with E-state index in [1.165, 1.54) is 22.5 Å². The van der Waals surface area contributed by atoms with Crippen LogP contribution >= 0.6 is 11.3 Å². The van der Waals surface area contributed by atoms with E-state index in [2.05, 4.69) is 40.5 Å². The molecule has 1 N–H and O–H groups in total. The molecule has 26 heavy (non-hydrogen) atoms. The Kier molecular flexibility index (Phi) is 4.80. The minimum atomic E-state index is 0.0891. The zero-order valence-corrected chi connectivity index (χ0v) is 15.9. The molecular formula is C20H23N3O2S. The van der Waals surface area contributed by atoms with Crippen LogP contribution in [0.1, 0.15) is 17.2 Å². The molecule has 3 aromatic rings. The van der Waals surface area contributed by atoms with Gasteiger partial charge in [0.2, 0.25) is 0 Å². The van der Waals surface area contributed by atoms with Crippen LogP contribution < -0.4 is 14.9 Å². The van der Waals surface area contributed by atoms with Crippen LogP contribution in [0.2, 0.25) is 0 Å². The zero-order valence-electron chi connectivity index (χ0n) is 15.1. The Morgan fingerprint density at radius 1 is 1.27 bits per heavy atom. The zero-order chi connectivity index (χ0) is 18.1. The van der Waals surface area contributed by atoms with Crippen LogP contribution in [0.25, 0.3) is 10.2 Å². The Morgan fingerprint density at radius 2 is 2.12 bits per heavy atom. The summed E-state index contributed by atoms with van der Waals surface area (Å²) in [5.74, 6) is 0.933. The standard InChI is InChI=1S/C20H23N3O2S/c1-22-16-8-7-14(11-19(16)26-20(22)24)13-23-10-9-21-12-17(23)15-5-3-4-6-18(15)25-2/h3-8,11,17,21H,9-10,12-13H2,1-2H3. The van der Waals surface area contributed by atoms with Gasteiger partial charge in [0, 0.05) is 38.8 Å². The SMILES string of the molecule is COc1ccccc1C1CNCCN1Cc1ccc2c(c1)sc(=O)n2C. The van der Waals surface area contributed by atoms with Crippen LogP contribution in [-0.2, 0) is 13.6 Å². The van der Waals surface area contributed by atoms with Crippen molar-refractivity contribution in [2.45, 2.75) is 12.6 Å². The smallest absolute Gasteiger partial charge is 0.307 e. The molecule has 2 heterocycles. The summed E-state index contributed by atoms with van der Waals surface area (Å²) in [5.41, 5.74) is 3.46. The molecule has 0 saturated carbocycles. The van der Waals surface area contributed by atoms with Crippen LogP contribution in [0, 0.1) is 0 Å². The Labute approximate surface area is 156 Å². The van der Waals surface area contributed by atoms with Gasteiger partial charge in [0.1, 0.15) is 5.75 Å². The van der Waals surface area contributed by atoms with Gasteiger partial charge < -0.3 is 14.6 Å². The van der Waals surface area contributed by atoms with E-state index in [1.54, 1.807) is 11.7 Å². The summed E-state index contributed by atoms with van der Waals surface area (Å²) in [7, 11) is 3.56. The molecule has 1 atom stereocenters. The number of hydrogen-bond acceptors (Lipinski definition) is 5. The van der Waals surface area contributed by atoms with Gasteiger partial charge in [-0.1, -0.05) is 35.6 Å². The molecule has 2 aromatic carbocycles. The van der Waals surface area contributed by atoms with Gasteiger partial charge in [0.05, 0.1) is 23.4 Å². The molecule has 4 rings (SSSR count). The first-order chi connectivity index (χ1) is 12.7. The minimum Gasteiger partial charge on any atom is -0.496 e. The van der Waals surface area contributed by atoms with Gasteiger partial charge in [0.25, 0.3) is 0 Å². The van der Waals surface area contributed by atoms with Crippen molar-refractivity contribution in [2.24, 2.45) is 7.05 Å². The molecule has 1 unspecified atom stereocenters. The third-order valence-corrected chi connectivity index (χ3v) is 6.09. The van der Waals surface area contributed by atoms with E-state index in [4.69, 9.17) is 4.74 Å². The number of hydrogen-bond donors (Lipinski definition) is 1. The van der Waals surface area contributed by atoms with Crippen molar-refractivity contribution in [1.29, 1.82) is 0 Å². The number of aryl methyl sites for hydroxylation is 1. The maximum absolute atomic E-state index is 11.9. The largest absolute Gasteiger partial charge is 0.496 e. The fraction of sp³-hybridized carbons (Fsp3) is 0.350. The molecule has 1 fully saturated rings. The van der Waals surface area contributed by atoms with Crippen molar-refractivity contribution in [3.05, 3.63) is 63.3 Å². The lowest BCUT2D eigenvalue weighted by Gasteiger charge is -2.37. The monoisotopic (exact) mass is 369 g/mol. The summed E-state index contributed by atoms with van der Waals surface area (Å²) < 4.78 is 8.35. The molecule has 5 nitrogen and oxygen atoms in total. The number of benzene rings is 2. The maximum Gasteiger partial charge on any atom is 0.307 e. The number of ether oxygens (including phenoxy) is 1. The van der Waals surface area contributed by atoms with Crippen molar-refractivity contribution in [2.75, 3.05) is 26.7 Å². The second-order valence-electron chi connectivity index (χ2n) is 6.66. The van der Waals surface area contributed by atoms with E-state index in [1.807, 2.05) is 19.2 Å². The topological polar surface area (TPSA) is 46.5 Å². The average Bonchev–Trinajstić information content (AvgIpc) is 2.95. The highest BCUT2D eigenvalue weighted by Crippen LogP contribution is 2.31. The second-order valence-corrected chi connectivity index (χ2v) is 7.65. The van der Waals surface area contributed by atoms with E-state index in [-0.39, 0.29) is 10.9 Å². The van der Waals surface area contributed by atoms with Gasteiger partial charge in [0.15, 0.2) is 0 Å². The number of thiazole rings is 1. The lowest BCUT2D eigenvalue weighted by molar-refractivity contribution is 0.151. The van der Waals surface area contributed by atoms with E-state index >= 15 is 0 Å². The molecule has 0 aliphatic carbocycles. The van der Waals surface area contributed by atoms with Gasteiger partial charge in [-0.3, -0.25) is 9.69 Å². The Balaban J connectivity index is 1.64. The number of methoxy groups -OCH3 is 1. The van der Waals surface area contributed by atoms with Crippen molar-refractivity contribution >= 4 is 21.6 Å². The number of nitrogens with zero attached hydrogens (tertiary/aromatic N) is 2. The first-order valence-electron chi connectivity index (χ1n) is 8.83. The fourth-order valence-electron chi connectivity index (χ4n) is 3.70. The van der Waals surface area contributed by atoms with Crippen LogP contribution in [0.15, 0.2) is 47.3 Å². The molecular weight excluding hydrogens is 346 g/mol. The molecule has 0 amide bonds.